The van der Waals surface area contributed by atoms with E-state index >= 15 is 0 Å². The minimum Gasteiger partial charge on any atom is -0.378 e. The van der Waals surface area contributed by atoms with Crippen LogP contribution in [0.2, 0.25) is 0 Å². The molecule has 30 heavy (non-hydrogen) atoms. The van der Waals surface area contributed by atoms with Gasteiger partial charge in [0.15, 0.2) is 5.82 Å². The molecular weight excluding hydrogens is 386 g/mol. The quantitative estimate of drug-likeness (QED) is 0.681. The molecule has 11 heteroatoms. The second-order valence-electron chi connectivity index (χ2n) is 7.10. The molecule has 0 atom stereocenters. The van der Waals surface area contributed by atoms with Gasteiger partial charge in [0.25, 0.3) is 0 Å². The van der Waals surface area contributed by atoms with Crippen LogP contribution in [0.1, 0.15) is 5.69 Å². The van der Waals surface area contributed by atoms with Gasteiger partial charge in [0.05, 0.1) is 24.5 Å². The summed E-state index contributed by atoms with van der Waals surface area (Å²) < 4.78 is 5.46. The van der Waals surface area contributed by atoms with Crippen molar-refractivity contribution in [1.29, 1.82) is 0 Å². The molecule has 0 radical (unpaired) electrons. The highest BCUT2D eigenvalue weighted by Gasteiger charge is 2.24. The van der Waals surface area contributed by atoms with E-state index in [1.165, 1.54) is 6.08 Å². The van der Waals surface area contributed by atoms with E-state index < -0.39 is 0 Å². The summed E-state index contributed by atoms with van der Waals surface area (Å²) in [5, 5.41) is 0. The lowest BCUT2D eigenvalue weighted by molar-refractivity contribution is -0.126. The molecule has 158 valence electrons. The van der Waals surface area contributed by atoms with Crippen LogP contribution in [0, 0.1) is 6.92 Å². The van der Waals surface area contributed by atoms with Crippen molar-refractivity contribution < 1.29 is 9.53 Å². The first kappa shape index (κ1) is 20.0. The van der Waals surface area contributed by atoms with E-state index in [9.17, 15) is 4.79 Å². The Kier molecular flexibility index (Phi) is 5.70. The first-order valence-corrected chi connectivity index (χ1v) is 9.89. The fourth-order valence-corrected chi connectivity index (χ4v) is 3.48. The molecule has 4 heterocycles. The van der Waals surface area contributed by atoms with Crippen molar-refractivity contribution in [2.24, 2.45) is 0 Å². The third kappa shape index (κ3) is 4.15. The fraction of sp³-hybridized carbons (Fsp3) is 0.474. The summed E-state index contributed by atoms with van der Waals surface area (Å²) in [5.74, 6) is 1.82. The topological polar surface area (TPSA) is 126 Å². The van der Waals surface area contributed by atoms with Gasteiger partial charge in [-0.2, -0.15) is 15.0 Å². The first-order chi connectivity index (χ1) is 14.5. The molecule has 0 bridgehead atoms. The maximum absolute atomic E-state index is 11.9. The van der Waals surface area contributed by atoms with Crippen LogP contribution >= 0.6 is 0 Å². The molecule has 1 amide bonds. The number of aryl methyl sites for hydroxylation is 1. The van der Waals surface area contributed by atoms with Crippen LogP contribution in [0.3, 0.4) is 0 Å². The van der Waals surface area contributed by atoms with Gasteiger partial charge in [-0.3, -0.25) is 4.79 Å². The van der Waals surface area contributed by atoms with Crippen LogP contribution < -0.4 is 15.5 Å². The van der Waals surface area contributed by atoms with Gasteiger partial charge in [-0.25, -0.2) is 9.97 Å². The lowest BCUT2D eigenvalue weighted by atomic mass is 10.2. The number of hydrogen-bond donors (Lipinski definition) is 1. The molecule has 4 rings (SSSR count). The number of hydrogen-bond acceptors (Lipinski definition) is 10. The number of amides is 1. The molecule has 2 aromatic rings. The number of carbonyl (C=O) groups excluding carboxylic acids is 1. The van der Waals surface area contributed by atoms with Crippen molar-refractivity contribution >= 4 is 23.8 Å². The Labute approximate surface area is 174 Å². The maximum Gasteiger partial charge on any atom is 0.246 e. The number of nitrogen functional groups attached to an aromatic ring is 1. The second-order valence-corrected chi connectivity index (χ2v) is 7.10. The Morgan fingerprint density at radius 3 is 2.27 bits per heavy atom. The zero-order valence-electron chi connectivity index (χ0n) is 17.0. The molecule has 0 aromatic carbocycles. The summed E-state index contributed by atoms with van der Waals surface area (Å²) in [4.78, 5) is 40.3. The van der Waals surface area contributed by atoms with E-state index in [0.29, 0.717) is 81.5 Å². The maximum atomic E-state index is 11.9. The highest BCUT2D eigenvalue weighted by atomic mass is 16.5. The normalized spacial score (nSPS) is 17.2. The standard InChI is InChI=1S/C19H25N9O2/c1-3-15(29)26-4-6-27(7-5-26)18-23-16(14-12-21-17(20)22-13(14)2)24-19(25-18)28-8-10-30-11-9-28/h3,12H,1,4-11H2,2H3,(H2,20,21,22). The van der Waals surface area contributed by atoms with Gasteiger partial charge in [0.2, 0.25) is 23.8 Å². The smallest absolute Gasteiger partial charge is 0.246 e. The third-order valence-corrected chi connectivity index (χ3v) is 5.19. The van der Waals surface area contributed by atoms with E-state index in [2.05, 4.69) is 26.3 Å². The monoisotopic (exact) mass is 411 g/mol. The third-order valence-electron chi connectivity index (χ3n) is 5.19. The highest BCUT2D eigenvalue weighted by molar-refractivity contribution is 5.87. The highest BCUT2D eigenvalue weighted by Crippen LogP contribution is 2.24. The van der Waals surface area contributed by atoms with E-state index in [1.54, 1.807) is 11.1 Å². The summed E-state index contributed by atoms with van der Waals surface area (Å²) in [6.45, 7) is 10.5. The molecule has 2 aliphatic heterocycles. The fourth-order valence-electron chi connectivity index (χ4n) is 3.48. The van der Waals surface area contributed by atoms with Gasteiger partial charge in [-0.05, 0) is 13.0 Å². The predicted octanol–water partition coefficient (Wildman–Crippen LogP) is -0.110. The largest absolute Gasteiger partial charge is 0.378 e. The Bertz CT molecular complexity index is 938. The minimum absolute atomic E-state index is 0.0605. The number of aromatic nitrogens is 5. The van der Waals surface area contributed by atoms with Crippen LogP contribution in [-0.2, 0) is 9.53 Å². The van der Waals surface area contributed by atoms with Gasteiger partial charge < -0.3 is 25.2 Å². The van der Waals surface area contributed by atoms with Gasteiger partial charge in [-0.1, -0.05) is 6.58 Å². The zero-order valence-corrected chi connectivity index (χ0v) is 17.0. The number of ether oxygens (including phenoxy) is 1. The van der Waals surface area contributed by atoms with Crippen molar-refractivity contribution in [3.05, 3.63) is 24.5 Å². The average molecular weight is 411 g/mol. The van der Waals surface area contributed by atoms with E-state index in [0.717, 1.165) is 0 Å². The summed E-state index contributed by atoms with van der Waals surface area (Å²) >= 11 is 0. The molecule has 0 aliphatic carbocycles. The second kappa shape index (κ2) is 8.57. The Hall–Kier alpha value is -3.34. The molecule has 2 aliphatic rings. The van der Waals surface area contributed by atoms with Gasteiger partial charge >= 0.3 is 0 Å². The lowest BCUT2D eigenvalue weighted by Crippen LogP contribution is -2.49. The number of piperazine rings is 1. The molecule has 0 saturated carbocycles. The number of nitrogens with two attached hydrogens (primary N) is 1. The summed E-state index contributed by atoms with van der Waals surface area (Å²) in [7, 11) is 0. The summed E-state index contributed by atoms with van der Waals surface area (Å²) in [6, 6.07) is 0. The lowest BCUT2D eigenvalue weighted by Gasteiger charge is -2.35. The van der Waals surface area contributed by atoms with Crippen LogP contribution in [0.15, 0.2) is 18.9 Å². The zero-order chi connectivity index (χ0) is 21.1. The van der Waals surface area contributed by atoms with Crippen molar-refractivity contribution in [2.75, 3.05) is 68.0 Å². The Balaban J connectivity index is 1.67. The van der Waals surface area contributed by atoms with E-state index in [1.807, 2.05) is 6.92 Å². The molecule has 2 fully saturated rings. The van der Waals surface area contributed by atoms with Crippen molar-refractivity contribution in [3.63, 3.8) is 0 Å². The number of carbonyl (C=O) groups is 1. The minimum atomic E-state index is -0.0605. The van der Waals surface area contributed by atoms with Gasteiger partial charge in [0.1, 0.15) is 0 Å². The molecule has 0 spiro atoms. The molecule has 11 nitrogen and oxygen atoms in total. The van der Waals surface area contributed by atoms with Crippen LogP contribution in [-0.4, -0.2) is 88.2 Å². The van der Waals surface area contributed by atoms with Crippen molar-refractivity contribution in [2.45, 2.75) is 6.92 Å². The first-order valence-electron chi connectivity index (χ1n) is 9.89. The van der Waals surface area contributed by atoms with Crippen molar-refractivity contribution in [3.8, 4) is 11.4 Å². The van der Waals surface area contributed by atoms with Crippen LogP contribution in [0.25, 0.3) is 11.4 Å². The predicted molar refractivity (Wildman–Crippen MR) is 112 cm³/mol. The summed E-state index contributed by atoms with van der Waals surface area (Å²) in [6.07, 6.45) is 2.98. The number of morpholine rings is 1. The summed E-state index contributed by atoms with van der Waals surface area (Å²) in [5.41, 5.74) is 7.12. The van der Waals surface area contributed by atoms with E-state index in [4.69, 9.17) is 25.4 Å². The average Bonchev–Trinajstić information content (AvgIpc) is 2.79. The number of anilines is 3. The van der Waals surface area contributed by atoms with E-state index in [-0.39, 0.29) is 11.9 Å². The SMILES string of the molecule is C=CC(=O)N1CCN(c2nc(-c3cnc(N)nc3C)nc(N3CCOCC3)n2)CC1. The molecular formula is C19H25N9O2. The number of rotatable bonds is 4. The Morgan fingerprint density at radius 1 is 1.03 bits per heavy atom. The van der Waals surface area contributed by atoms with Crippen molar-refractivity contribution in [1.82, 2.24) is 29.8 Å². The molecule has 2 N–H and O–H groups in total. The van der Waals surface area contributed by atoms with Crippen LogP contribution in [0.5, 0.6) is 0 Å². The number of nitrogens with zero attached hydrogens (tertiary/aromatic N) is 8. The van der Waals surface area contributed by atoms with Gasteiger partial charge in [-0.15, -0.1) is 0 Å². The Morgan fingerprint density at radius 2 is 1.67 bits per heavy atom. The van der Waals surface area contributed by atoms with Crippen LogP contribution in [0.4, 0.5) is 17.8 Å². The molecule has 0 unspecified atom stereocenters. The molecule has 2 saturated heterocycles. The van der Waals surface area contributed by atoms with Gasteiger partial charge in [0, 0.05) is 45.5 Å². The molecule has 2 aromatic heterocycles.